The minimum absolute atomic E-state index is 0. The molecule has 1 amide bonds. The summed E-state index contributed by atoms with van der Waals surface area (Å²) in [7, 11) is 0. The first kappa shape index (κ1) is 25.6. The molecule has 0 spiro atoms. The number of nitrogens with zero attached hydrogens (tertiary/aromatic N) is 4. The standard InChI is InChI=1S/C22H32N6O.2ClH/c1-17-21(25-26-28(17)20-10-12-23-13-11-20)22(29)24-19-8-6-18(7-9-19)16-27-14-4-2-3-5-15-27;;/h6-9,20,23H,2-5,10-16H2,1H3,(H,24,29);2*1H. The van der Waals surface area contributed by atoms with Crippen LogP contribution in [0.3, 0.4) is 0 Å². The van der Waals surface area contributed by atoms with E-state index >= 15 is 0 Å². The number of carbonyl (C=O) groups is 1. The third-order valence-corrected chi connectivity index (χ3v) is 6.11. The molecule has 0 saturated carbocycles. The van der Waals surface area contributed by atoms with E-state index in [1.54, 1.807) is 0 Å². The fourth-order valence-corrected chi connectivity index (χ4v) is 4.38. The largest absolute Gasteiger partial charge is 0.321 e. The van der Waals surface area contributed by atoms with Crippen molar-refractivity contribution < 1.29 is 4.79 Å². The van der Waals surface area contributed by atoms with Crippen LogP contribution in [0, 0.1) is 6.92 Å². The van der Waals surface area contributed by atoms with Gasteiger partial charge in [-0.25, -0.2) is 4.68 Å². The maximum atomic E-state index is 12.7. The van der Waals surface area contributed by atoms with Crippen molar-refractivity contribution in [3.05, 3.63) is 41.2 Å². The van der Waals surface area contributed by atoms with Crippen molar-refractivity contribution >= 4 is 36.4 Å². The second-order valence-electron chi connectivity index (χ2n) is 8.29. The Morgan fingerprint density at radius 3 is 2.35 bits per heavy atom. The minimum Gasteiger partial charge on any atom is -0.321 e. The van der Waals surface area contributed by atoms with Crippen LogP contribution in [0.1, 0.15) is 66.3 Å². The molecule has 0 atom stereocenters. The lowest BCUT2D eigenvalue weighted by atomic mass is 10.1. The summed E-state index contributed by atoms with van der Waals surface area (Å²) in [5.74, 6) is -0.192. The zero-order valence-electron chi connectivity index (χ0n) is 18.2. The molecule has 4 rings (SSSR count). The van der Waals surface area contributed by atoms with Crippen molar-refractivity contribution in [2.75, 3.05) is 31.5 Å². The molecule has 0 aliphatic carbocycles. The van der Waals surface area contributed by atoms with Crippen LogP contribution >= 0.6 is 24.8 Å². The Hall–Kier alpha value is -1.67. The molecule has 9 heteroatoms. The number of hydrogen-bond acceptors (Lipinski definition) is 5. The fraction of sp³-hybridized carbons (Fsp3) is 0.591. The Bertz CT molecular complexity index is 812. The summed E-state index contributed by atoms with van der Waals surface area (Å²) in [4.78, 5) is 15.3. The number of piperidine rings is 1. The van der Waals surface area contributed by atoms with E-state index in [4.69, 9.17) is 0 Å². The molecule has 0 bridgehead atoms. The van der Waals surface area contributed by atoms with E-state index < -0.39 is 0 Å². The van der Waals surface area contributed by atoms with Gasteiger partial charge in [-0.3, -0.25) is 9.69 Å². The normalized spacial score (nSPS) is 17.8. The first-order chi connectivity index (χ1) is 14.2. The fourth-order valence-electron chi connectivity index (χ4n) is 4.38. The van der Waals surface area contributed by atoms with Gasteiger partial charge in [-0.2, -0.15) is 0 Å². The first-order valence-electron chi connectivity index (χ1n) is 11.0. The van der Waals surface area contributed by atoms with E-state index in [2.05, 4.69) is 38.0 Å². The van der Waals surface area contributed by atoms with Crippen molar-refractivity contribution in [2.45, 2.75) is 58.0 Å². The number of benzene rings is 1. The molecule has 2 aliphatic rings. The van der Waals surface area contributed by atoms with Crippen molar-refractivity contribution in [1.29, 1.82) is 0 Å². The summed E-state index contributed by atoms with van der Waals surface area (Å²) in [5, 5.41) is 14.8. The topological polar surface area (TPSA) is 75.1 Å². The number of nitrogens with one attached hydrogen (secondary N) is 2. The number of halogens is 2. The second-order valence-corrected chi connectivity index (χ2v) is 8.29. The predicted molar refractivity (Wildman–Crippen MR) is 129 cm³/mol. The molecule has 7 nitrogen and oxygen atoms in total. The van der Waals surface area contributed by atoms with Gasteiger partial charge in [0.15, 0.2) is 5.69 Å². The molecule has 2 N–H and O–H groups in total. The number of carbonyl (C=O) groups excluding carboxylic acids is 1. The van der Waals surface area contributed by atoms with Crippen molar-refractivity contribution in [1.82, 2.24) is 25.2 Å². The Labute approximate surface area is 197 Å². The lowest BCUT2D eigenvalue weighted by Crippen LogP contribution is -2.30. The highest BCUT2D eigenvalue weighted by molar-refractivity contribution is 6.03. The average molecular weight is 469 g/mol. The van der Waals surface area contributed by atoms with Gasteiger partial charge in [0.2, 0.25) is 0 Å². The van der Waals surface area contributed by atoms with Gasteiger partial charge in [0.1, 0.15) is 0 Å². The molecule has 31 heavy (non-hydrogen) atoms. The van der Waals surface area contributed by atoms with Gasteiger partial charge in [0.25, 0.3) is 5.91 Å². The molecule has 1 aromatic heterocycles. The smallest absolute Gasteiger partial charge is 0.278 e. The van der Waals surface area contributed by atoms with Crippen LogP contribution in [-0.2, 0) is 6.54 Å². The van der Waals surface area contributed by atoms with Gasteiger partial charge in [0, 0.05) is 12.2 Å². The molecular weight excluding hydrogens is 435 g/mol. The lowest BCUT2D eigenvalue weighted by molar-refractivity contribution is 0.102. The van der Waals surface area contributed by atoms with E-state index in [9.17, 15) is 4.79 Å². The van der Waals surface area contributed by atoms with Gasteiger partial charge < -0.3 is 10.6 Å². The minimum atomic E-state index is -0.192. The van der Waals surface area contributed by atoms with Crippen LogP contribution in [0.2, 0.25) is 0 Å². The van der Waals surface area contributed by atoms with Crippen molar-refractivity contribution in [3.8, 4) is 0 Å². The van der Waals surface area contributed by atoms with Crippen LogP contribution in [0.15, 0.2) is 24.3 Å². The third-order valence-electron chi connectivity index (χ3n) is 6.11. The number of rotatable bonds is 5. The lowest BCUT2D eigenvalue weighted by Gasteiger charge is -2.23. The Morgan fingerprint density at radius 1 is 1.06 bits per heavy atom. The van der Waals surface area contributed by atoms with Gasteiger partial charge in [-0.05, 0) is 76.5 Å². The molecule has 2 aliphatic heterocycles. The highest BCUT2D eigenvalue weighted by Crippen LogP contribution is 2.21. The van der Waals surface area contributed by atoms with E-state index in [0.717, 1.165) is 43.9 Å². The summed E-state index contributed by atoms with van der Waals surface area (Å²) in [5.41, 5.74) is 3.34. The maximum Gasteiger partial charge on any atom is 0.278 e. The number of amides is 1. The quantitative estimate of drug-likeness (QED) is 0.693. The molecule has 1 aromatic carbocycles. The molecular formula is C22H34Cl2N6O. The summed E-state index contributed by atoms with van der Waals surface area (Å²) in [6, 6.07) is 8.51. The molecule has 0 radical (unpaired) electrons. The number of aromatic nitrogens is 3. The van der Waals surface area contributed by atoms with Crippen LogP contribution in [0.5, 0.6) is 0 Å². The van der Waals surface area contributed by atoms with Crippen molar-refractivity contribution in [2.24, 2.45) is 0 Å². The zero-order chi connectivity index (χ0) is 20.1. The molecule has 172 valence electrons. The van der Waals surface area contributed by atoms with Gasteiger partial charge >= 0.3 is 0 Å². The van der Waals surface area contributed by atoms with Crippen LogP contribution in [0.25, 0.3) is 0 Å². The summed E-state index contributed by atoms with van der Waals surface area (Å²) in [6.07, 6.45) is 7.33. The van der Waals surface area contributed by atoms with E-state index in [-0.39, 0.29) is 30.7 Å². The van der Waals surface area contributed by atoms with Crippen LogP contribution in [-0.4, -0.2) is 52.0 Å². The monoisotopic (exact) mass is 468 g/mol. The summed E-state index contributed by atoms with van der Waals surface area (Å²) < 4.78 is 1.92. The van der Waals surface area contributed by atoms with Crippen LogP contribution < -0.4 is 10.6 Å². The Kier molecular flexibility index (Phi) is 10.2. The number of likely N-dealkylation sites (tertiary alicyclic amines) is 1. The van der Waals surface area contributed by atoms with Crippen LogP contribution in [0.4, 0.5) is 5.69 Å². The maximum absolute atomic E-state index is 12.7. The van der Waals surface area contributed by atoms with E-state index in [0.29, 0.717) is 11.7 Å². The zero-order valence-corrected chi connectivity index (χ0v) is 19.8. The number of hydrogen-bond donors (Lipinski definition) is 2. The molecule has 2 saturated heterocycles. The van der Waals surface area contributed by atoms with Gasteiger partial charge in [-0.15, -0.1) is 29.9 Å². The van der Waals surface area contributed by atoms with Gasteiger partial charge in [-0.1, -0.05) is 30.2 Å². The van der Waals surface area contributed by atoms with E-state index in [1.165, 1.54) is 44.3 Å². The molecule has 2 aromatic rings. The number of anilines is 1. The SMILES string of the molecule is Cc1c(C(=O)Nc2ccc(CN3CCCCCC3)cc2)nnn1C1CCNCC1.Cl.Cl. The third kappa shape index (κ3) is 6.65. The highest BCUT2D eigenvalue weighted by Gasteiger charge is 2.23. The Balaban J connectivity index is 0.00000171. The van der Waals surface area contributed by atoms with Crippen molar-refractivity contribution in [3.63, 3.8) is 0 Å². The highest BCUT2D eigenvalue weighted by atomic mass is 35.5. The molecule has 2 fully saturated rings. The summed E-state index contributed by atoms with van der Waals surface area (Å²) >= 11 is 0. The van der Waals surface area contributed by atoms with E-state index in [1.807, 2.05) is 23.7 Å². The molecule has 0 unspecified atom stereocenters. The Morgan fingerprint density at radius 2 is 1.71 bits per heavy atom. The first-order valence-corrected chi connectivity index (χ1v) is 11.0. The summed E-state index contributed by atoms with van der Waals surface area (Å²) in [6.45, 7) is 7.25. The predicted octanol–water partition coefficient (Wildman–Crippen LogP) is 3.98. The average Bonchev–Trinajstić information content (AvgIpc) is 2.95. The second kappa shape index (κ2) is 12.4. The van der Waals surface area contributed by atoms with Gasteiger partial charge in [0.05, 0.1) is 11.7 Å². The molecule has 3 heterocycles.